The summed E-state index contributed by atoms with van der Waals surface area (Å²) in [5, 5.41) is 3.81. The van der Waals surface area contributed by atoms with E-state index in [-0.39, 0.29) is 5.91 Å². The summed E-state index contributed by atoms with van der Waals surface area (Å²) in [5.74, 6) is 0.379. The normalized spacial score (nSPS) is 14.8. The zero-order valence-corrected chi connectivity index (χ0v) is 16.4. The van der Waals surface area contributed by atoms with Crippen LogP contribution in [0.4, 0.5) is 11.6 Å². The van der Waals surface area contributed by atoms with Crippen LogP contribution in [0.5, 0.6) is 0 Å². The Morgan fingerprint density at radius 1 is 1.04 bits per heavy atom. The number of aryl methyl sites for hydroxylation is 3. The second kappa shape index (κ2) is 8.04. The van der Waals surface area contributed by atoms with Crippen LogP contribution in [0.2, 0.25) is 5.02 Å². The van der Waals surface area contributed by atoms with Gasteiger partial charge in [-0.3, -0.25) is 4.79 Å². The molecule has 1 amide bonds. The van der Waals surface area contributed by atoms with Gasteiger partial charge in [0, 0.05) is 18.8 Å². The molecule has 0 radical (unpaired) electrons. The molecule has 0 aliphatic carbocycles. The average molecular weight is 373 g/mol. The van der Waals surface area contributed by atoms with E-state index in [1.54, 1.807) is 6.07 Å². The lowest BCUT2D eigenvalue weighted by Gasteiger charge is -2.20. The van der Waals surface area contributed by atoms with Crippen LogP contribution in [0.1, 0.15) is 53.0 Å². The first kappa shape index (κ1) is 18.6. The van der Waals surface area contributed by atoms with E-state index in [0.717, 1.165) is 48.4 Å². The van der Waals surface area contributed by atoms with E-state index >= 15 is 0 Å². The molecule has 0 atom stereocenters. The maximum Gasteiger partial charge on any atom is 0.272 e. The molecule has 1 fully saturated rings. The number of hydrogen-bond donors (Lipinski definition) is 1. The van der Waals surface area contributed by atoms with Gasteiger partial charge in [-0.05, 0) is 56.9 Å². The Morgan fingerprint density at radius 2 is 1.73 bits per heavy atom. The number of nitrogens with one attached hydrogen (secondary N) is 1. The molecule has 26 heavy (non-hydrogen) atoms. The van der Waals surface area contributed by atoms with Crippen LogP contribution in [-0.4, -0.2) is 33.9 Å². The minimum absolute atomic E-state index is 0.0211. The van der Waals surface area contributed by atoms with Gasteiger partial charge in [0.25, 0.3) is 5.91 Å². The van der Waals surface area contributed by atoms with Gasteiger partial charge in [-0.25, -0.2) is 9.97 Å². The second-order valence-electron chi connectivity index (χ2n) is 6.99. The minimum Gasteiger partial charge on any atom is -0.337 e. The number of aromatic nitrogens is 2. The lowest BCUT2D eigenvalue weighted by atomic mass is 10.1. The standard InChI is InChI=1S/C20H25ClN4O/c1-13-10-14(2)18(16(21)11-13)24-20-22-15(3)12-17(23-20)19(26)25-8-6-4-5-7-9-25/h10-12H,4-9H2,1-3H3,(H,22,23,24). The van der Waals surface area contributed by atoms with E-state index in [4.69, 9.17) is 11.6 Å². The predicted molar refractivity (Wildman–Crippen MR) is 105 cm³/mol. The molecule has 1 saturated heterocycles. The maximum atomic E-state index is 12.9. The Balaban J connectivity index is 1.87. The molecule has 0 bridgehead atoms. The van der Waals surface area contributed by atoms with Gasteiger partial charge in [-0.2, -0.15) is 0 Å². The first-order valence-electron chi connectivity index (χ1n) is 9.13. The van der Waals surface area contributed by atoms with Gasteiger partial charge in [-0.1, -0.05) is 30.5 Å². The van der Waals surface area contributed by atoms with Gasteiger partial charge in [0.1, 0.15) is 5.69 Å². The van der Waals surface area contributed by atoms with Crippen molar-refractivity contribution in [3.05, 3.63) is 45.7 Å². The maximum absolute atomic E-state index is 12.9. The van der Waals surface area contributed by atoms with Gasteiger partial charge in [0.05, 0.1) is 10.7 Å². The van der Waals surface area contributed by atoms with E-state index in [2.05, 4.69) is 15.3 Å². The Kier molecular flexibility index (Phi) is 5.77. The van der Waals surface area contributed by atoms with Gasteiger partial charge in [0.15, 0.2) is 0 Å². The van der Waals surface area contributed by atoms with E-state index < -0.39 is 0 Å². The molecule has 0 unspecified atom stereocenters. The third kappa shape index (κ3) is 4.33. The highest BCUT2D eigenvalue weighted by atomic mass is 35.5. The van der Waals surface area contributed by atoms with Crippen molar-refractivity contribution >= 4 is 29.1 Å². The third-order valence-electron chi connectivity index (χ3n) is 4.64. The fourth-order valence-corrected chi connectivity index (χ4v) is 3.72. The fourth-order valence-electron chi connectivity index (χ4n) is 3.36. The molecular weight excluding hydrogens is 348 g/mol. The molecule has 1 aliphatic rings. The zero-order chi connectivity index (χ0) is 18.7. The van der Waals surface area contributed by atoms with Gasteiger partial charge >= 0.3 is 0 Å². The summed E-state index contributed by atoms with van der Waals surface area (Å²) in [6.45, 7) is 7.46. The average Bonchev–Trinajstić information content (AvgIpc) is 2.86. The molecule has 3 rings (SSSR count). The molecule has 1 aromatic carbocycles. The summed E-state index contributed by atoms with van der Waals surface area (Å²) in [5.41, 5.74) is 4.07. The molecule has 1 N–H and O–H groups in total. The number of benzene rings is 1. The van der Waals surface area contributed by atoms with Crippen LogP contribution in [0.3, 0.4) is 0 Å². The van der Waals surface area contributed by atoms with Crippen molar-refractivity contribution in [2.75, 3.05) is 18.4 Å². The van der Waals surface area contributed by atoms with Gasteiger partial charge in [0.2, 0.25) is 5.95 Å². The SMILES string of the molecule is Cc1cc(C)c(Nc2nc(C)cc(C(=O)N3CCCCCC3)n2)c(Cl)c1. The number of likely N-dealkylation sites (tertiary alicyclic amines) is 1. The zero-order valence-electron chi connectivity index (χ0n) is 15.6. The first-order chi connectivity index (χ1) is 12.4. The lowest BCUT2D eigenvalue weighted by Crippen LogP contribution is -2.32. The molecule has 138 valence electrons. The van der Waals surface area contributed by atoms with Crippen LogP contribution >= 0.6 is 11.6 Å². The highest BCUT2D eigenvalue weighted by Gasteiger charge is 2.20. The van der Waals surface area contributed by atoms with Crippen molar-refractivity contribution in [3.8, 4) is 0 Å². The van der Waals surface area contributed by atoms with Crippen LogP contribution < -0.4 is 5.32 Å². The quantitative estimate of drug-likeness (QED) is 0.839. The minimum atomic E-state index is -0.0211. The summed E-state index contributed by atoms with van der Waals surface area (Å²) in [7, 11) is 0. The number of carbonyl (C=O) groups is 1. The van der Waals surface area contributed by atoms with Gasteiger partial charge < -0.3 is 10.2 Å². The van der Waals surface area contributed by atoms with Crippen molar-refractivity contribution in [1.82, 2.24) is 14.9 Å². The molecular formula is C20H25ClN4O. The topological polar surface area (TPSA) is 58.1 Å². The Hall–Kier alpha value is -2.14. The van der Waals surface area contributed by atoms with Crippen molar-refractivity contribution in [2.45, 2.75) is 46.5 Å². The third-order valence-corrected chi connectivity index (χ3v) is 4.93. The van der Waals surface area contributed by atoms with Crippen LogP contribution in [0.25, 0.3) is 0 Å². The van der Waals surface area contributed by atoms with Crippen LogP contribution in [0, 0.1) is 20.8 Å². The number of hydrogen-bond acceptors (Lipinski definition) is 4. The fraction of sp³-hybridized carbons (Fsp3) is 0.450. The molecule has 0 saturated carbocycles. The molecule has 2 aromatic rings. The largest absolute Gasteiger partial charge is 0.337 e. The lowest BCUT2D eigenvalue weighted by molar-refractivity contribution is 0.0755. The summed E-state index contributed by atoms with van der Waals surface area (Å²) in [4.78, 5) is 23.7. The number of rotatable bonds is 3. The molecule has 5 nitrogen and oxygen atoms in total. The number of anilines is 2. The molecule has 1 aliphatic heterocycles. The van der Waals surface area contributed by atoms with E-state index in [9.17, 15) is 4.79 Å². The van der Waals surface area contributed by atoms with Crippen molar-refractivity contribution in [2.24, 2.45) is 0 Å². The predicted octanol–water partition coefficient (Wildman–Crippen LogP) is 4.82. The number of halogens is 1. The van der Waals surface area contributed by atoms with E-state index in [0.29, 0.717) is 16.7 Å². The van der Waals surface area contributed by atoms with E-state index in [1.165, 1.54) is 12.8 Å². The summed E-state index contributed by atoms with van der Waals surface area (Å²) in [6, 6.07) is 5.70. The highest BCUT2D eigenvalue weighted by Crippen LogP contribution is 2.29. The number of nitrogens with zero attached hydrogens (tertiary/aromatic N) is 3. The van der Waals surface area contributed by atoms with Gasteiger partial charge in [-0.15, -0.1) is 0 Å². The summed E-state index contributed by atoms with van der Waals surface area (Å²) in [6.07, 6.45) is 4.48. The highest BCUT2D eigenvalue weighted by molar-refractivity contribution is 6.33. The smallest absolute Gasteiger partial charge is 0.272 e. The second-order valence-corrected chi connectivity index (χ2v) is 7.40. The summed E-state index contributed by atoms with van der Waals surface area (Å²) >= 11 is 6.37. The summed E-state index contributed by atoms with van der Waals surface area (Å²) < 4.78 is 0. The number of carbonyl (C=O) groups excluding carboxylic acids is 1. The van der Waals surface area contributed by atoms with Crippen molar-refractivity contribution in [3.63, 3.8) is 0 Å². The first-order valence-corrected chi connectivity index (χ1v) is 9.50. The molecule has 6 heteroatoms. The Morgan fingerprint density at radius 3 is 2.38 bits per heavy atom. The van der Waals surface area contributed by atoms with E-state index in [1.807, 2.05) is 37.8 Å². The monoisotopic (exact) mass is 372 g/mol. The van der Waals surface area contributed by atoms with Crippen molar-refractivity contribution < 1.29 is 4.79 Å². The van der Waals surface area contributed by atoms with Crippen LogP contribution in [-0.2, 0) is 0 Å². The molecule has 0 spiro atoms. The molecule has 2 heterocycles. The molecule has 1 aromatic heterocycles. The number of amides is 1. The Bertz CT molecular complexity index is 790. The Labute approximate surface area is 159 Å². The van der Waals surface area contributed by atoms with Crippen LogP contribution in [0.15, 0.2) is 18.2 Å². The van der Waals surface area contributed by atoms with Crippen molar-refractivity contribution in [1.29, 1.82) is 0 Å².